The van der Waals surface area contributed by atoms with Crippen molar-refractivity contribution in [1.82, 2.24) is 0 Å². The zero-order valence-electron chi connectivity index (χ0n) is 6.17. The van der Waals surface area contributed by atoms with Gasteiger partial charge in [0.1, 0.15) is 5.82 Å². The Bertz CT molecular complexity index is 199. The number of rotatable bonds is 2. The van der Waals surface area contributed by atoms with Crippen LogP contribution in [0.4, 0.5) is 0 Å². The molecule has 0 fully saturated rings. The molecule has 0 saturated heterocycles. The van der Waals surface area contributed by atoms with Crippen molar-refractivity contribution < 1.29 is 0 Å². The molecule has 0 aliphatic rings. The lowest BCUT2D eigenvalue weighted by Gasteiger charge is -2.06. The third-order valence-electron chi connectivity index (χ3n) is 1.17. The lowest BCUT2D eigenvalue weighted by Crippen LogP contribution is -2.26. The van der Waals surface area contributed by atoms with Crippen LogP contribution in [0, 0.1) is 0 Å². The zero-order valence-corrected chi connectivity index (χ0v) is 6.17. The highest BCUT2D eigenvalue weighted by atomic mass is 14.9. The molecule has 0 saturated carbocycles. The summed E-state index contributed by atoms with van der Waals surface area (Å²) in [5, 5.41) is 0. The molecular weight excluding hydrogens is 144 g/mol. The van der Waals surface area contributed by atoms with Gasteiger partial charge in [-0.3, -0.25) is 0 Å². The SMILES string of the molecule is NCC(N)=C(N)C(N)=C(N)N. The van der Waals surface area contributed by atoms with Gasteiger partial charge < -0.3 is 34.4 Å². The summed E-state index contributed by atoms with van der Waals surface area (Å²) in [4.78, 5) is 0. The van der Waals surface area contributed by atoms with Crippen molar-refractivity contribution in [3.63, 3.8) is 0 Å². The van der Waals surface area contributed by atoms with E-state index in [1.54, 1.807) is 0 Å². The van der Waals surface area contributed by atoms with Gasteiger partial charge in [-0.2, -0.15) is 0 Å². The Morgan fingerprint density at radius 3 is 1.55 bits per heavy atom. The second-order valence-electron chi connectivity index (χ2n) is 2.01. The first kappa shape index (κ1) is 9.44. The first-order valence-electron chi connectivity index (χ1n) is 2.96. The quantitative estimate of drug-likeness (QED) is 0.237. The fraction of sp³-hybridized carbons (Fsp3) is 0.200. The van der Waals surface area contributed by atoms with Crippen molar-refractivity contribution in [2.75, 3.05) is 6.54 Å². The summed E-state index contributed by atoms with van der Waals surface area (Å²) in [7, 11) is 0. The fourth-order valence-corrected chi connectivity index (χ4v) is 0.438. The standard InChI is InChI=1S/C5H14N6/c6-1-2(7)3(8)4(9)5(10)11/h1,6-11H2. The molecular formula is C5H14N6. The molecule has 0 radical (unpaired) electrons. The third-order valence-corrected chi connectivity index (χ3v) is 1.17. The van der Waals surface area contributed by atoms with Gasteiger partial charge in [-0.05, 0) is 0 Å². The zero-order chi connectivity index (χ0) is 9.02. The minimum atomic E-state index is -0.0566. The Hall–Kier alpha value is -1.56. The lowest BCUT2D eigenvalue weighted by molar-refractivity contribution is 1.02. The van der Waals surface area contributed by atoms with E-state index >= 15 is 0 Å². The summed E-state index contributed by atoms with van der Waals surface area (Å²) >= 11 is 0. The average molecular weight is 158 g/mol. The molecule has 64 valence electrons. The van der Waals surface area contributed by atoms with E-state index in [0.29, 0.717) is 0 Å². The van der Waals surface area contributed by atoms with E-state index in [4.69, 9.17) is 34.4 Å². The van der Waals surface area contributed by atoms with Gasteiger partial charge in [-0.1, -0.05) is 0 Å². The highest BCUT2D eigenvalue weighted by Crippen LogP contribution is 1.98. The maximum Gasteiger partial charge on any atom is 0.119 e. The Balaban J connectivity index is 4.75. The molecule has 0 unspecified atom stereocenters. The molecule has 11 heavy (non-hydrogen) atoms. The van der Waals surface area contributed by atoms with Crippen LogP contribution in [0.15, 0.2) is 22.9 Å². The maximum atomic E-state index is 5.40. The lowest BCUT2D eigenvalue weighted by atomic mass is 10.2. The van der Waals surface area contributed by atoms with Crippen LogP contribution < -0.4 is 34.4 Å². The summed E-state index contributed by atoms with van der Waals surface area (Å²) in [6, 6.07) is 0. The number of nitrogens with two attached hydrogens (primary N) is 6. The van der Waals surface area contributed by atoms with Gasteiger partial charge in [0, 0.05) is 12.2 Å². The van der Waals surface area contributed by atoms with E-state index in [0.717, 1.165) is 0 Å². The highest BCUT2D eigenvalue weighted by molar-refractivity contribution is 5.31. The van der Waals surface area contributed by atoms with Crippen molar-refractivity contribution in [3.8, 4) is 0 Å². The fourth-order valence-electron chi connectivity index (χ4n) is 0.438. The molecule has 0 aliphatic carbocycles. The average Bonchev–Trinajstić information content (AvgIpc) is 2.00. The molecule has 6 heteroatoms. The van der Waals surface area contributed by atoms with Gasteiger partial charge >= 0.3 is 0 Å². The van der Waals surface area contributed by atoms with Crippen LogP contribution in [0.1, 0.15) is 0 Å². The third kappa shape index (κ3) is 2.26. The molecule has 0 amide bonds. The second-order valence-corrected chi connectivity index (χ2v) is 2.01. The summed E-state index contributed by atoms with van der Waals surface area (Å²) in [5.74, 6) is -0.0566. The minimum Gasteiger partial charge on any atom is -0.399 e. The predicted molar refractivity (Wildman–Crippen MR) is 44.0 cm³/mol. The first-order chi connectivity index (χ1) is 5.00. The monoisotopic (exact) mass is 158 g/mol. The van der Waals surface area contributed by atoms with Gasteiger partial charge in [0.2, 0.25) is 0 Å². The van der Waals surface area contributed by atoms with Crippen LogP contribution in [-0.2, 0) is 0 Å². The molecule has 12 N–H and O–H groups in total. The molecule has 0 spiro atoms. The smallest absolute Gasteiger partial charge is 0.119 e. The maximum absolute atomic E-state index is 5.40. The van der Waals surface area contributed by atoms with Gasteiger partial charge in [-0.15, -0.1) is 0 Å². The van der Waals surface area contributed by atoms with Crippen LogP contribution in [-0.4, -0.2) is 6.54 Å². The molecule has 0 aromatic heterocycles. The Kier molecular flexibility index (Phi) is 3.06. The van der Waals surface area contributed by atoms with Crippen molar-refractivity contribution >= 4 is 0 Å². The van der Waals surface area contributed by atoms with Crippen molar-refractivity contribution in [1.29, 1.82) is 0 Å². The Labute approximate surface area is 64.9 Å². The summed E-state index contributed by atoms with van der Waals surface area (Å²) in [6.45, 7) is 0.125. The molecule has 0 rings (SSSR count). The van der Waals surface area contributed by atoms with Crippen LogP contribution >= 0.6 is 0 Å². The largest absolute Gasteiger partial charge is 0.399 e. The minimum absolute atomic E-state index is 0.0566. The molecule has 0 atom stereocenters. The predicted octanol–water partition coefficient (Wildman–Crippen LogP) is -2.88. The molecule has 0 bridgehead atoms. The van der Waals surface area contributed by atoms with E-state index in [9.17, 15) is 0 Å². The van der Waals surface area contributed by atoms with Crippen LogP contribution in [0.3, 0.4) is 0 Å². The normalized spacial score (nSPS) is 12.1. The van der Waals surface area contributed by atoms with Gasteiger partial charge in [-0.25, -0.2) is 0 Å². The molecule has 0 heterocycles. The topological polar surface area (TPSA) is 156 Å². The molecule has 0 aliphatic heterocycles. The molecule has 0 aromatic rings. The summed E-state index contributed by atoms with van der Waals surface area (Å²) in [5.41, 5.74) is 32.1. The molecule has 6 nitrogen and oxygen atoms in total. The number of hydrogen-bond donors (Lipinski definition) is 6. The van der Waals surface area contributed by atoms with E-state index in [1.165, 1.54) is 0 Å². The van der Waals surface area contributed by atoms with E-state index in [1.807, 2.05) is 0 Å². The van der Waals surface area contributed by atoms with Crippen LogP contribution in [0.5, 0.6) is 0 Å². The Morgan fingerprint density at radius 1 is 0.818 bits per heavy atom. The van der Waals surface area contributed by atoms with E-state index in [-0.39, 0.29) is 29.5 Å². The van der Waals surface area contributed by atoms with E-state index < -0.39 is 0 Å². The molecule has 0 aromatic carbocycles. The second kappa shape index (κ2) is 3.57. The van der Waals surface area contributed by atoms with Crippen molar-refractivity contribution in [2.24, 2.45) is 34.4 Å². The van der Waals surface area contributed by atoms with Crippen molar-refractivity contribution in [2.45, 2.75) is 0 Å². The summed E-state index contributed by atoms with van der Waals surface area (Å²) < 4.78 is 0. The highest BCUT2D eigenvalue weighted by Gasteiger charge is 2.02. The number of hydrogen-bond acceptors (Lipinski definition) is 6. The van der Waals surface area contributed by atoms with Crippen LogP contribution in [0.2, 0.25) is 0 Å². The van der Waals surface area contributed by atoms with Gasteiger partial charge in [0.05, 0.1) is 11.4 Å². The first-order valence-corrected chi connectivity index (χ1v) is 2.96. The van der Waals surface area contributed by atoms with E-state index in [2.05, 4.69) is 0 Å². The van der Waals surface area contributed by atoms with Crippen LogP contribution in [0.25, 0.3) is 0 Å². The summed E-state index contributed by atoms with van der Waals surface area (Å²) in [6.07, 6.45) is 0. The van der Waals surface area contributed by atoms with Gasteiger partial charge in [0.15, 0.2) is 0 Å². The Morgan fingerprint density at radius 2 is 1.27 bits per heavy atom. The van der Waals surface area contributed by atoms with Crippen molar-refractivity contribution in [3.05, 3.63) is 22.9 Å². The van der Waals surface area contributed by atoms with Gasteiger partial charge in [0.25, 0.3) is 0 Å².